The number of methoxy groups -OCH3 is 3. The van der Waals surface area contributed by atoms with Crippen LogP contribution in [0, 0.1) is 0 Å². The van der Waals surface area contributed by atoms with Gasteiger partial charge in [-0.15, -0.1) is 0 Å². The molecule has 0 aliphatic carbocycles. The van der Waals surface area contributed by atoms with Crippen molar-refractivity contribution in [3.05, 3.63) is 0 Å². The molecule has 8 heteroatoms. The third-order valence-electron chi connectivity index (χ3n) is 3.35. The van der Waals surface area contributed by atoms with E-state index in [2.05, 4.69) is 10.6 Å². The summed E-state index contributed by atoms with van der Waals surface area (Å²) < 4.78 is 21.9. The van der Waals surface area contributed by atoms with Gasteiger partial charge in [0.2, 0.25) is 11.8 Å². The number of hydrogen-bond donors (Lipinski definition) is 2. The minimum atomic E-state index is -0.649. The van der Waals surface area contributed by atoms with Crippen molar-refractivity contribution in [1.82, 2.24) is 10.6 Å². The van der Waals surface area contributed by atoms with Gasteiger partial charge < -0.3 is 29.6 Å². The first-order chi connectivity index (χ1) is 9.94. The van der Waals surface area contributed by atoms with Crippen molar-refractivity contribution in [2.45, 2.75) is 44.5 Å². The number of ether oxygens (including phenoxy) is 4. The fourth-order valence-corrected chi connectivity index (χ4v) is 2.45. The predicted octanol–water partition coefficient (Wildman–Crippen LogP) is -0.971. The average Bonchev–Trinajstić information content (AvgIpc) is 2.44. The van der Waals surface area contributed by atoms with E-state index in [1.807, 2.05) is 0 Å². The van der Waals surface area contributed by atoms with E-state index in [0.29, 0.717) is 0 Å². The number of rotatable bonds is 6. The second-order valence-corrected chi connectivity index (χ2v) is 4.84. The summed E-state index contributed by atoms with van der Waals surface area (Å²) in [7, 11) is 4.54. The zero-order valence-corrected chi connectivity index (χ0v) is 13.0. The molecule has 21 heavy (non-hydrogen) atoms. The van der Waals surface area contributed by atoms with Crippen LogP contribution in [0.15, 0.2) is 0 Å². The summed E-state index contributed by atoms with van der Waals surface area (Å²) >= 11 is 0. The van der Waals surface area contributed by atoms with Gasteiger partial charge in [-0.3, -0.25) is 9.59 Å². The Kier molecular flexibility index (Phi) is 7.03. The fourth-order valence-electron chi connectivity index (χ4n) is 2.45. The molecule has 0 aromatic heterocycles. The summed E-state index contributed by atoms with van der Waals surface area (Å²) in [6.45, 7) is 3.05. The number of amides is 2. The highest BCUT2D eigenvalue weighted by molar-refractivity contribution is 5.74. The standard InChI is InChI=1S/C13H24N2O6/c1-7(16)14-6-9-10(15-8(2)17)11(18-3)12(19-4)13(20-5)21-9/h9-13H,6H2,1-5H3,(H,14,16)(H,15,17)/t9-,10+,11+,12-,13?/m1/s1. The van der Waals surface area contributed by atoms with Gasteiger partial charge in [-0.25, -0.2) is 0 Å². The largest absolute Gasteiger partial charge is 0.376 e. The third-order valence-corrected chi connectivity index (χ3v) is 3.35. The first-order valence-corrected chi connectivity index (χ1v) is 6.70. The van der Waals surface area contributed by atoms with Gasteiger partial charge in [0.15, 0.2) is 6.29 Å². The summed E-state index contributed by atoms with van der Waals surface area (Å²) in [5.41, 5.74) is 0. The molecule has 0 saturated carbocycles. The molecule has 1 rings (SSSR count). The van der Waals surface area contributed by atoms with Gasteiger partial charge in [-0.1, -0.05) is 0 Å². The zero-order valence-electron chi connectivity index (χ0n) is 13.0. The van der Waals surface area contributed by atoms with Crippen LogP contribution in [0.5, 0.6) is 0 Å². The molecule has 2 amide bonds. The van der Waals surface area contributed by atoms with E-state index in [-0.39, 0.29) is 18.4 Å². The molecule has 0 radical (unpaired) electrons. The Hall–Kier alpha value is -1.22. The van der Waals surface area contributed by atoms with Crippen molar-refractivity contribution < 1.29 is 28.5 Å². The summed E-state index contributed by atoms with van der Waals surface area (Å²) in [5, 5.41) is 5.46. The zero-order chi connectivity index (χ0) is 16.0. The molecular formula is C13H24N2O6. The highest BCUT2D eigenvalue weighted by Gasteiger charge is 2.47. The molecule has 1 fully saturated rings. The topological polar surface area (TPSA) is 95.1 Å². The van der Waals surface area contributed by atoms with Crippen molar-refractivity contribution in [2.75, 3.05) is 27.9 Å². The van der Waals surface area contributed by atoms with Gasteiger partial charge in [0.05, 0.1) is 6.04 Å². The van der Waals surface area contributed by atoms with Crippen LogP contribution >= 0.6 is 0 Å². The van der Waals surface area contributed by atoms with Gasteiger partial charge >= 0.3 is 0 Å². The average molecular weight is 304 g/mol. The third kappa shape index (κ3) is 4.63. The Morgan fingerprint density at radius 1 is 1.00 bits per heavy atom. The van der Waals surface area contributed by atoms with Gasteiger partial charge in [0, 0.05) is 41.7 Å². The molecule has 122 valence electrons. The molecule has 1 unspecified atom stereocenters. The number of hydrogen-bond acceptors (Lipinski definition) is 6. The SMILES string of the molecule is COC1O[C@H](CNC(C)=O)[C@H](NC(C)=O)[C@H](OC)[C@H]1OC. The molecule has 2 N–H and O–H groups in total. The van der Waals surface area contributed by atoms with E-state index in [9.17, 15) is 9.59 Å². The lowest BCUT2D eigenvalue weighted by Gasteiger charge is -2.45. The maximum absolute atomic E-state index is 11.4. The Bertz CT molecular complexity index is 365. The lowest BCUT2D eigenvalue weighted by atomic mass is 9.95. The smallest absolute Gasteiger partial charge is 0.217 e. The van der Waals surface area contributed by atoms with Crippen LogP contribution < -0.4 is 10.6 Å². The van der Waals surface area contributed by atoms with Gasteiger partial charge in [0.1, 0.15) is 18.3 Å². The predicted molar refractivity (Wildman–Crippen MR) is 73.6 cm³/mol. The van der Waals surface area contributed by atoms with Gasteiger partial charge in [-0.2, -0.15) is 0 Å². The highest BCUT2D eigenvalue weighted by Crippen LogP contribution is 2.25. The van der Waals surface area contributed by atoms with Crippen molar-refractivity contribution in [3.8, 4) is 0 Å². The van der Waals surface area contributed by atoms with Crippen LogP contribution in [0.2, 0.25) is 0 Å². The second kappa shape index (κ2) is 8.28. The fraction of sp³-hybridized carbons (Fsp3) is 0.846. The molecule has 8 nitrogen and oxygen atoms in total. The van der Waals surface area contributed by atoms with Crippen LogP contribution in [-0.4, -0.2) is 70.3 Å². The lowest BCUT2D eigenvalue weighted by Crippen LogP contribution is -2.66. The summed E-state index contributed by atoms with van der Waals surface area (Å²) in [4.78, 5) is 22.5. The van der Waals surface area contributed by atoms with Crippen molar-refractivity contribution in [2.24, 2.45) is 0 Å². The molecule has 0 aromatic carbocycles. The van der Waals surface area contributed by atoms with E-state index in [1.165, 1.54) is 35.2 Å². The van der Waals surface area contributed by atoms with Crippen LogP contribution in [0.3, 0.4) is 0 Å². The van der Waals surface area contributed by atoms with Gasteiger partial charge in [-0.05, 0) is 0 Å². The first kappa shape index (κ1) is 17.8. The maximum atomic E-state index is 11.4. The molecule has 0 aromatic rings. The van der Waals surface area contributed by atoms with E-state index < -0.39 is 30.6 Å². The van der Waals surface area contributed by atoms with E-state index in [0.717, 1.165) is 0 Å². The Balaban J connectivity index is 2.95. The van der Waals surface area contributed by atoms with Crippen molar-refractivity contribution in [1.29, 1.82) is 0 Å². The monoisotopic (exact) mass is 304 g/mol. The van der Waals surface area contributed by atoms with Crippen LogP contribution in [0.1, 0.15) is 13.8 Å². The summed E-state index contributed by atoms with van der Waals surface area (Å²) in [5.74, 6) is -0.402. The van der Waals surface area contributed by atoms with Crippen molar-refractivity contribution >= 4 is 11.8 Å². The van der Waals surface area contributed by atoms with Gasteiger partial charge in [0.25, 0.3) is 0 Å². The molecule has 1 aliphatic rings. The minimum absolute atomic E-state index is 0.183. The molecule has 1 heterocycles. The lowest BCUT2D eigenvalue weighted by molar-refractivity contribution is -0.275. The van der Waals surface area contributed by atoms with E-state index >= 15 is 0 Å². The molecule has 0 spiro atoms. The normalized spacial score (nSPS) is 32.5. The van der Waals surface area contributed by atoms with E-state index in [1.54, 1.807) is 0 Å². The maximum Gasteiger partial charge on any atom is 0.217 e. The second-order valence-electron chi connectivity index (χ2n) is 4.84. The molecular weight excluding hydrogens is 280 g/mol. The quantitative estimate of drug-likeness (QED) is 0.655. The van der Waals surface area contributed by atoms with Crippen LogP contribution in [0.4, 0.5) is 0 Å². The summed E-state index contributed by atoms with van der Waals surface area (Å²) in [6.07, 6.45) is -2.09. The van der Waals surface area contributed by atoms with Crippen LogP contribution in [-0.2, 0) is 28.5 Å². The molecule has 1 aliphatic heterocycles. The first-order valence-electron chi connectivity index (χ1n) is 6.70. The number of carbonyl (C=O) groups is 2. The molecule has 0 bridgehead atoms. The van der Waals surface area contributed by atoms with Crippen molar-refractivity contribution in [3.63, 3.8) is 0 Å². The van der Waals surface area contributed by atoms with Crippen LogP contribution in [0.25, 0.3) is 0 Å². The molecule has 1 saturated heterocycles. The number of carbonyl (C=O) groups excluding carboxylic acids is 2. The number of nitrogens with one attached hydrogen (secondary N) is 2. The highest BCUT2D eigenvalue weighted by atomic mass is 16.7. The Labute approximate surface area is 124 Å². The molecule has 5 atom stereocenters. The summed E-state index contributed by atoms with van der Waals surface area (Å²) in [6, 6.07) is -0.462. The minimum Gasteiger partial charge on any atom is -0.376 e. The Morgan fingerprint density at radius 3 is 2.05 bits per heavy atom. The Morgan fingerprint density at radius 2 is 1.62 bits per heavy atom. The van der Waals surface area contributed by atoms with E-state index in [4.69, 9.17) is 18.9 Å².